The molecule has 0 fully saturated rings. The number of nitrogens with zero attached hydrogens (tertiary/aromatic N) is 1. The minimum atomic E-state index is 0.234. The summed E-state index contributed by atoms with van der Waals surface area (Å²) in [5.74, 6) is 0. The summed E-state index contributed by atoms with van der Waals surface area (Å²) >= 11 is 1.67. The average Bonchev–Trinajstić information content (AvgIpc) is 2.85. The Bertz CT molecular complexity index is 461. The van der Waals surface area contributed by atoms with E-state index in [0.717, 1.165) is 30.0 Å². The molecular formula is C14H17NOS. The molecule has 17 heavy (non-hydrogen) atoms. The van der Waals surface area contributed by atoms with Crippen LogP contribution in [0.5, 0.6) is 0 Å². The molecule has 0 unspecified atom stereocenters. The molecule has 0 aliphatic carbocycles. The molecule has 0 bridgehead atoms. The minimum absolute atomic E-state index is 0.234. The van der Waals surface area contributed by atoms with E-state index in [-0.39, 0.29) is 6.61 Å². The topological polar surface area (TPSA) is 33.1 Å². The molecule has 90 valence electrons. The zero-order chi connectivity index (χ0) is 12.1. The van der Waals surface area contributed by atoms with E-state index >= 15 is 0 Å². The summed E-state index contributed by atoms with van der Waals surface area (Å²) in [5, 5.41) is 11.9. The molecule has 0 aliphatic rings. The van der Waals surface area contributed by atoms with Gasteiger partial charge < -0.3 is 5.11 Å². The third kappa shape index (κ3) is 3.14. The Kier molecular flexibility index (Phi) is 4.29. The molecule has 1 aromatic carbocycles. The van der Waals surface area contributed by atoms with E-state index in [2.05, 4.69) is 41.6 Å². The van der Waals surface area contributed by atoms with Crippen LogP contribution in [-0.2, 0) is 12.8 Å². The van der Waals surface area contributed by atoms with Gasteiger partial charge in [0.15, 0.2) is 0 Å². The Morgan fingerprint density at radius 1 is 1.24 bits per heavy atom. The number of thiazole rings is 1. The van der Waals surface area contributed by atoms with Crippen LogP contribution in [0.4, 0.5) is 0 Å². The number of hydrogen-bond acceptors (Lipinski definition) is 3. The lowest BCUT2D eigenvalue weighted by atomic mass is 10.1. The van der Waals surface area contributed by atoms with Gasteiger partial charge in [-0.05, 0) is 24.8 Å². The van der Waals surface area contributed by atoms with Crippen molar-refractivity contribution in [3.8, 4) is 10.6 Å². The first-order valence-corrected chi connectivity index (χ1v) is 6.86. The first-order valence-electron chi connectivity index (χ1n) is 5.98. The fourth-order valence-electron chi connectivity index (χ4n) is 1.70. The molecule has 0 amide bonds. The van der Waals surface area contributed by atoms with Crippen molar-refractivity contribution >= 4 is 11.3 Å². The lowest BCUT2D eigenvalue weighted by Crippen LogP contribution is -1.89. The third-order valence-electron chi connectivity index (χ3n) is 2.75. The summed E-state index contributed by atoms with van der Waals surface area (Å²) in [5.41, 5.74) is 3.62. The second kappa shape index (κ2) is 5.94. The van der Waals surface area contributed by atoms with Gasteiger partial charge in [0, 0.05) is 17.6 Å². The molecule has 2 nitrogen and oxygen atoms in total. The number of aromatic nitrogens is 1. The Hall–Kier alpha value is -1.19. The molecule has 1 aromatic heterocycles. The van der Waals surface area contributed by atoms with E-state index in [1.165, 1.54) is 11.1 Å². The summed E-state index contributed by atoms with van der Waals surface area (Å²) in [6.07, 6.45) is 2.72. The van der Waals surface area contributed by atoms with Crippen molar-refractivity contribution in [2.75, 3.05) is 6.61 Å². The maximum atomic E-state index is 8.78. The molecule has 0 atom stereocenters. The molecule has 0 radical (unpaired) electrons. The van der Waals surface area contributed by atoms with Gasteiger partial charge in [0.2, 0.25) is 0 Å². The summed E-state index contributed by atoms with van der Waals surface area (Å²) in [6.45, 7) is 2.39. The van der Waals surface area contributed by atoms with Crippen molar-refractivity contribution in [2.45, 2.75) is 26.2 Å². The van der Waals surface area contributed by atoms with E-state index in [1.807, 2.05) is 0 Å². The normalized spacial score (nSPS) is 10.7. The van der Waals surface area contributed by atoms with Crippen LogP contribution in [0.3, 0.4) is 0 Å². The second-order valence-corrected chi connectivity index (χ2v) is 4.88. The lowest BCUT2D eigenvalue weighted by molar-refractivity contribution is 0.288. The monoisotopic (exact) mass is 247 g/mol. The fraction of sp³-hybridized carbons (Fsp3) is 0.357. The highest BCUT2D eigenvalue weighted by molar-refractivity contribution is 7.13. The van der Waals surface area contributed by atoms with Crippen LogP contribution in [0.2, 0.25) is 0 Å². The van der Waals surface area contributed by atoms with Gasteiger partial charge in [-0.1, -0.05) is 31.2 Å². The molecule has 2 rings (SSSR count). The molecule has 0 saturated heterocycles. The van der Waals surface area contributed by atoms with Gasteiger partial charge in [-0.2, -0.15) is 0 Å². The first kappa shape index (κ1) is 12.3. The van der Waals surface area contributed by atoms with Crippen LogP contribution >= 0.6 is 11.3 Å². The van der Waals surface area contributed by atoms with Gasteiger partial charge in [0.25, 0.3) is 0 Å². The predicted molar refractivity (Wildman–Crippen MR) is 72.3 cm³/mol. The first-order chi connectivity index (χ1) is 8.33. The van der Waals surface area contributed by atoms with Crippen LogP contribution in [0.25, 0.3) is 10.6 Å². The maximum Gasteiger partial charge on any atom is 0.123 e. The molecule has 3 heteroatoms. The second-order valence-electron chi connectivity index (χ2n) is 4.02. The van der Waals surface area contributed by atoms with Gasteiger partial charge in [-0.25, -0.2) is 4.98 Å². The Morgan fingerprint density at radius 3 is 2.65 bits per heavy atom. The number of aryl methyl sites for hydroxylation is 2. The number of benzene rings is 1. The molecule has 0 aliphatic heterocycles. The predicted octanol–water partition coefficient (Wildman–Crippen LogP) is 3.30. The van der Waals surface area contributed by atoms with Crippen LogP contribution in [-0.4, -0.2) is 16.7 Å². The zero-order valence-electron chi connectivity index (χ0n) is 10.0. The molecule has 0 spiro atoms. The quantitative estimate of drug-likeness (QED) is 0.879. The fourth-order valence-corrected chi connectivity index (χ4v) is 2.56. The van der Waals surface area contributed by atoms with E-state index < -0.39 is 0 Å². The van der Waals surface area contributed by atoms with Crippen molar-refractivity contribution in [2.24, 2.45) is 0 Å². The highest BCUT2D eigenvalue weighted by Gasteiger charge is 2.04. The van der Waals surface area contributed by atoms with E-state index in [1.54, 1.807) is 11.3 Å². The average molecular weight is 247 g/mol. The molecule has 1 N–H and O–H groups in total. The largest absolute Gasteiger partial charge is 0.396 e. The van der Waals surface area contributed by atoms with E-state index in [0.29, 0.717) is 0 Å². The van der Waals surface area contributed by atoms with Gasteiger partial charge in [0.1, 0.15) is 5.01 Å². The van der Waals surface area contributed by atoms with Gasteiger partial charge in [0.05, 0.1) is 5.69 Å². The van der Waals surface area contributed by atoms with Crippen molar-refractivity contribution in [3.05, 3.63) is 40.9 Å². The summed E-state index contributed by atoms with van der Waals surface area (Å²) in [6, 6.07) is 8.58. The molecule has 2 aromatic rings. The Labute approximate surface area is 106 Å². The summed E-state index contributed by atoms with van der Waals surface area (Å²) in [4.78, 5) is 4.58. The van der Waals surface area contributed by atoms with Crippen LogP contribution in [0.1, 0.15) is 24.6 Å². The van der Waals surface area contributed by atoms with Crippen molar-refractivity contribution in [3.63, 3.8) is 0 Å². The van der Waals surface area contributed by atoms with Crippen LogP contribution < -0.4 is 0 Å². The van der Waals surface area contributed by atoms with Crippen molar-refractivity contribution in [1.29, 1.82) is 0 Å². The maximum absolute atomic E-state index is 8.78. The van der Waals surface area contributed by atoms with E-state index in [4.69, 9.17) is 5.11 Å². The van der Waals surface area contributed by atoms with Gasteiger partial charge >= 0.3 is 0 Å². The molecule has 1 heterocycles. The van der Waals surface area contributed by atoms with Gasteiger partial charge in [-0.15, -0.1) is 11.3 Å². The summed E-state index contributed by atoms with van der Waals surface area (Å²) in [7, 11) is 0. The van der Waals surface area contributed by atoms with Crippen molar-refractivity contribution in [1.82, 2.24) is 4.98 Å². The number of hydrogen-bond donors (Lipinski definition) is 1. The number of aliphatic hydroxyl groups excluding tert-OH is 1. The minimum Gasteiger partial charge on any atom is -0.396 e. The third-order valence-corrected chi connectivity index (χ3v) is 3.69. The smallest absolute Gasteiger partial charge is 0.123 e. The number of aliphatic hydroxyl groups is 1. The van der Waals surface area contributed by atoms with Gasteiger partial charge in [-0.3, -0.25) is 0 Å². The molecule has 0 saturated carbocycles. The Balaban J connectivity index is 2.12. The standard InChI is InChI=1S/C14H17NOS/c1-2-11-5-7-12(8-6-11)14-15-13(10-17-14)4-3-9-16/h5-8,10,16H,2-4,9H2,1H3. The lowest BCUT2D eigenvalue weighted by Gasteiger charge is -1.99. The summed E-state index contributed by atoms with van der Waals surface area (Å²) < 4.78 is 0. The van der Waals surface area contributed by atoms with Crippen LogP contribution in [0.15, 0.2) is 29.6 Å². The SMILES string of the molecule is CCc1ccc(-c2nc(CCCO)cs2)cc1. The highest BCUT2D eigenvalue weighted by Crippen LogP contribution is 2.24. The van der Waals surface area contributed by atoms with E-state index in [9.17, 15) is 0 Å². The zero-order valence-corrected chi connectivity index (χ0v) is 10.8. The Morgan fingerprint density at radius 2 is 2.00 bits per heavy atom. The number of rotatable bonds is 5. The van der Waals surface area contributed by atoms with Crippen molar-refractivity contribution < 1.29 is 5.11 Å². The highest BCUT2D eigenvalue weighted by atomic mass is 32.1. The van der Waals surface area contributed by atoms with Crippen LogP contribution in [0, 0.1) is 0 Å². The molecular weight excluding hydrogens is 230 g/mol.